The van der Waals surface area contributed by atoms with Crippen molar-refractivity contribution < 1.29 is 4.79 Å². The molecule has 8 nitrogen and oxygen atoms in total. The number of carbonyl (C=O) groups is 1. The molecule has 1 aliphatic carbocycles. The van der Waals surface area contributed by atoms with Crippen molar-refractivity contribution in [3.63, 3.8) is 0 Å². The van der Waals surface area contributed by atoms with E-state index in [1.165, 1.54) is 18.4 Å². The van der Waals surface area contributed by atoms with Gasteiger partial charge in [-0.1, -0.05) is 49.2 Å². The zero-order valence-corrected chi connectivity index (χ0v) is 21.4. The Bertz CT molecular complexity index is 1460. The molecule has 0 bridgehead atoms. The highest BCUT2D eigenvalue weighted by atomic mass is 16.2. The first kappa shape index (κ1) is 23.1. The molecule has 0 unspecified atom stereocenters. The highest BCUT2D eigenvalue weighted by Gasteiger charge is 2.29. The van der Waals surface area contributed by atoms with Gasteiger partial charge in [0.1, 0.15) is 0 Å². The van der Waals surface area contributed by atoms with Crippen LogP contribution in [-0.2, 0) is 11.3 Å². The minimum Gasteiger partial charge on any atom is -0.340 e. The molecule has 0 atom stereocenters. The van der Waals surface area contributed by atoms with Crippen molar-refractivity contribution in [1.29, 1.82) is 0 Å². The molecule has 1 amide bonds. The van der Waals surface area contributed by atoms with Gasteiger partial charge in [-0.25, -0.2) is 4.98 Å². The normalized spacial score (nSPS) is 17.3. The number of pyridine rings is 1. The highest BCUT2D eigenvalue weighted by Crippen LogP contribution is 2.39. The Kier molecular flexibility index (Phi) is 5.89. The number of nitrogens with one attached hydrogen (secondary N) is 1. The van der Waals surface area contributed by atoms with Crippen LogP contribution >= 0.6 is 0 Å². The van der Waals surface area contributed by atoms with Crippen LogP contribution < -0.4 is 5.32 Å². The summed E-state index contributed by atoms with van der Waals surface area (Å²) >= 11 is 0. The average molecular weight is 506 g/mol. The average Bonchev–Trinajstić information content (AvgIpc) is 3.63. The second kappa shape index (κ2) is 9.68. The Hall–Kier alpha value is -4.04. The van der Waals surface area contributed by atoms with Crippen LogP contribution in [0.2, 0.25) is 0 Å². The van der Waals surface area contributed by atoms with Gasteiger partial charge in [0.15, 0.2) is 17.5 Å². The van der Waals surface area contributed by atoms with E-state index in [9.17, 15) is 4.79 Å². The molecular formula is C30H31N7O. The number of piperazine rings is 1. The Labute approximate surface area is 222 Å². The number of anilines is 2. The summed E-state index contributed by atoms with van der Waals surface area (Å²) in [5.74, 6) is 3.02. The lowest BCUT2D eigenvalue weighted by molar-refractivity contribution is -0.137. The van der Waals surface area contributed by atoms with Crippen molar-refractivity contribution >= 4 is 17.4 Å². The number of hydrogen-bond acceptors (Lipinski definition) is 6. The lowest BCUT2D eigenvalue weighted by Gasteiger charge is -2.36. The number of rotatable bonds is 4. The molecule has 1 saturated carbocycles. The summed E-state index contributed by atoms with van der Waals surface area (Å²) in [7, 11) is 0. The molecular weight excluding hydrogens is 474 g/mol. The predicted octanol–water partition coefficient (Wildman–Crippen LogP) is 4.89. The fourth-order valence-corrected chi connectivity index (χ4v) is 6.04. The van der Waals surface area contributed by atoms with E-state index in [1.54, 1.807) is 6.20 Å². The van der Waals surface area contributed by atoms with E-state index in [2.05, 4.69) is 65.2 Å². The molecule has 4 heterocycles. The van der Waals surface area contributed by atoms with Gasteiger partial charge < -0.3 is 10.2 Å². The first-order chi connectivity index (χ1) is 18.7. The monoisotopic (exact) mass is 505 g/mol. The fourth-order valence-electron chi connectivity index (χ4n) is 6.04. The smallest absolute Gasteiger partial charge is 0.225 e. The van der Waals surface area contributed by atoms with Crippen molar-refractivity contribution in [2.75, 3.05) is 31.5 Å². The molecule has 38 heavy (non-hydrogen) atoms. The molecule has 1 N–H and O–H groups in total. The molecule has 4 aromatic rings. The van der Waals surface area contributed by atoms with Gasteiger partial charge in [-0.2, -0.15) is 0 Å². The van der Waals surface area contributed by atoms with Gasteiger partial charge in [0.2, 0.25) is 5.91 Å². The van der Waals surface area contributed by atoms with Crippen LogP contribution in [0.25, 0.3) is 28.5 Å². The minimum absolute atomic E-state index is 0.272. The molecule has 1 saturated heterocycles. The summed E-state index contributed by atoms with van der Waals surface area (Å²) in [4.78, 5) is 21.9. The van der Waals surface area contributed by atoms with Gasteiger partial charge in [-0.3, -0.25) is 14.3 Å². The maximum Gasteiger partial charge on any atom is 0.225 e. The van der Waals surface area contributed by atoms with E-state index in [4.69, 9.17) is 0 Å². The Morgan fingerprint density at radius 1 is 0.868 bits per heavy atom. The number of nitrogens with zero attached hydrogens (tertiary/aromatic N) is 6. The van der Waals surface area contributed by atoms with E-state index >= 15 is 0 Å². The SMILES string of the molecule is O=C(C1CCCC1)N1CCN(Cc2ccc(-c3nnc4n3-c3cccnc3Nc3ccccc3-4)cc2)CC1. The van der Waals surface area contributed by atoms with Crippen LogP contribution in [0.3, 0.4) is 0 Å². The third-order valence-corrected chi connectivity index (χ3v) is 8.12. The maximum atomic E-state index is 12.8. The molecule has 2 aromatic carbocycles. The van der Waals surface area contributed by atoms with Gasteiger partial charge in [-0.05, 0) is 42.7 Å². The van der Waals surface area contributed by atoms with Gasteiger partial charge >= 0.3 is 0 Å². The minimum atomic E-state index is 0.272. The summed E-state index contributed by atoms with van der Waals surface area (Å²) in [5, 5.41) is 12.7. The molecule has 2 aliphatic heterocycles. The summed E-state index contributed by atoms with van der Waals surface area (Å²) < 4.78 is 2.09. The number of hydrogen-bond donors (Lipinski definition) is 1. The number of benzene rings is 2. The zero-order chi connectivity index (χ0) is 25.5. The van der Waals surface area contributed by atoms with Crippen LogP contribution in [0.1, 0.15) is 31.2 Å². The van der Waals surface area contributed by atoms with E-state index < -0.39 is 0 Å². The molecule has 2 aromatic heterocycles. The molecule has 0 radical (unpaired) electrons. The number of carbonyl (C=O) groups excluding carboxylic acids is 1. The predicted molar refractivity (Wildman–Crippen MR) is 147 cm³/mol. The molecule has 7 rings (SSSR count). The first-order valence-corrected chi connectivity index (χ1v) is 13.6. The Balaban J connectivity index is 1.10. The van der Waals surface area contributed by atoms with Crippen molar-refractivity contribution in [3.05, 3.63) is 72.4 Å². The molecule has 3 aliphatic rings. The van der Waals surface area contributed by atoms with Gasteiger partial charge in [0, 0.05) is 56.0 Å². The van der Waals surface area contributed by atoms with E-state index in [0.717, 1.165) is 85.5 Å². The standard InChI is InChI=1S/C30H31N7O/c38-30(23-6-1-2-7-23)36-18-16-35(17-19-36)20-21-11-13-22(14-12-21)28-33-34-29-24-8-3-4-9-25(24)32-27-26(37(28)29)10-5-15-31-27/h3-5,8-15,23H,1-2,6-7,16-20H2,(H,31,32). The second-order valence-corrected chi connectivity index (χ2v) is 10.5. The molecule has 2 fully saturated rings. The van der Waals surface area contributed by atoms with Crippen LogP contribution in [0.15, 0.2) is 66.9 Å². The van der Waals surface area contributed by atoms with Crippen LogP contribution in [0.4, 0.5) is 11.5 Å². The summed E-state index contributed by atoms with van der Waals surface area (Å²) in [6.45, 7) is 4.40. The number of fused-ring (bicyclic) bond motifs is 5. The van der Waals surface area contributed by atoms with Crippen molar-refractivity contribution in [2.24, 2.45) is 5.92 Å². The van der Waals surface area contributed by atoms with Gasteiger partial charge in [-0.15, -0.1) is 10.2 Å². The first-order valence-electron chi connectivity index (χ1n) is 13.6. The quantitative estimate of drug-likeness (QED) is 0.375. The lowest BCUT2D eigenvalue weighted by atomic mass is 10.1. The molecule has 0 spiro atoms. The van der Waals surface area contributed by atoms with E-state index in [1.807, 2.05) is 30.3 Å². The largest absolute Gasteiger partial charge is 0.340 e. The van der Waals surface area contributed by atoms with Crippen molar-refractivity contribution in [2.45, 2.75) is 32.2 Å². The third kappa shape index (κ3) is 4.15. The number of amides is 1. The second-order valence-electron chi connectivity index (χ2n) is 10.5. The third-order valence-electron chi connectivity index (χ3n) is 8.12. The number of para-hydroxylation sites is 1. The van der Waals surface area contributed by atoms with Gasteiger partial charge in [0.05, 0.1) is 11.4 Å². The van der Waals surface area contributed by atoms with Crippen LogP contribution in [0, 0.1) is 5.92 Å². The zero-order valence-electron chi connectivity index (χ0n) is 21.4. The topological polar surface area (TPSA) is 79.2 Å². The van der Waals surface area contributed by atoms with Gasteiger partial charge in [0.25, 0.3) is 0 Å². The van der Waals surface area contributed by atoms with Crippen molar-refractivity contribution in [3.8, 4) is 28.5 Å². The maximum absolute atomic E-state index is 12.8. The van der Waals surface area contributed by atoms with Crippen molar-refractivity contribution in [1.82, 2.24) is 29.5 Å². The Morgan fingerprint density at radius 2 is 1.63 bits per heavy atom. The Morgan fingerprint density at radius 3 is 2.45 bits per heavy atom. The molecule has 8 heteroatoms. The van der Waals surface area contributed by atoms with Crippen LogP contribution in [-0.4, -0.2) is 61.6 Å². The van der Waals surface area contributed by atoms with E-state index in [-0.39, 0.29) is 5.92 Å². The summed E-state index contributed by atoms with van der Waals surface area (Å²) in [6.07, 6.45) is 6.36. The number of aromatic nitrogens is 4. The fraction of sp³-hybridized carbons (Fsp3) is 0.333. The van der Waals surface area contributed by atoms with Crippen LogP contribution in [0.5, 0.6) is 0 Å². The lowest BCUT2D eigenvalue weighted by Crippen LogP contribution is -2.49. The highest BCUT2D eigenvalue weighted by molar-refractivity contribution is 5.84. The molecule has 192 valence electrons. The summed E-state index contributed by atoms with van der Waals surface area (Å²) in [5.41, 5.74) is 5.15. The van der Waals surface area contributed by atoms with E-state index in [0.29, 0.717) is 5.91 Å². The summed E-state index contributed by atoms with van der Waals surface area (Å²) in [6, 6.07) is 20.7.